The minimum absolute atomic E-state index is 0.0982. The van der Waals surface area contributed by atoms with Crippen LogP contribution in [0.15, 0.2) is 30.2 Å². The second-order valence-electron chi connectivity index (χ2n) is 5.26. The molecule has 0 spiro atoms. The molecule has 0 heterocycles. The van der Waals surface area contributed by atoms with Gasteiger partial charge in [-0.25, -0.2) is 9.59 Å². The Hall–Kier alpha value is -2.21. The summed E-state index contributed by atoms with van der Waals surface area (Å²) >= 11 is 5.97. The number of ether oxygens (including phenoxy) is 4. The van der Waals surface area contributed by atoms with Crippen LogP contribution in [0, 0.1) is 0 Å². The van der Waals surface area contributed by atoms with Gasteiger partial charge < -0.3 is 18.9 Å². The fourth-order valence-electron chi connectivity index (χ4n) is 2.41. The third kappa shape index (κ3) is 4.64. The summed E-state index contributed by atoms with van der Waals surface area (Å²) in [5.41, 5.74) is 0.139. The second kappa shape index (κ2) is 8.59. The Balaban J connectivity index is 2.24. The topological polar surface area (TPSA) is 71.1 Å². The van der Waals surface area contributed by atoms with E-state index in [1.54, 1.807) is 6.07 Å². The van der Waals surface area contributed by atoms with E-state index in [1.165, 1.54) is 26.4 Å². The van der Waals surface area contributed by atoms with Crippen LogP contribution in [-0.4, -0.2) is 32.3 Å². The molecule has 6 nitrogen and oxygen atoms in total. The molecule has 2 rings (SSSR count). The number of hydrogen-bond acceptors (Lipinski definition) is 6. The molecule has 0 unspecified atom stereocenters. The summed E-state index contributed by atoms with van der Waals surface area (Å²) in [6, 6.07) is 4.47. The maximum atomic E-state index is 12.4. The van der Waals surface area contributed by atoms with Crippen LogP contribution in [-0.2, 0) is 19.0 Å². The third-order valence-electron chi connectivity index (χ3n) is 3.57. The molecule has 1 fully saturated rings. The molecule has 7 heteroatoms. The van der Waals surface area contributed by atoms with Gasteiger partial charge >= 0.3 is 11.9 Å². The molecule has 0 atom stereocenters. The fourth-order valence-corrected chi connectivity index (χ4v) is 2.58. The minimum Gasteiger partial charge on any atom is -0.500 e. The molecule has 1 saturated carbocycles. The van der Waals surface area contributed by atoms with Crippen molar-refractivity contribution < 1.29 is 28.5 Å². The van der Waals surface area contributed by atoms with Crippen molar-refractivity contribution in [1.82, 2.24) is 0 Å². The smallest absolute Gasteiger partial charge is 0.377 e. The lowest BCUT2D eigenvalue weighted by Gasteiger charge is -2.15. The van der Waals surface area contributed by atoms with E-state index in [0.29, 0.717) is 5.02 Å². The van der Waals surface area contributed by atoms with Gasteiger partial charge in [0.05, 0.1) is 14.2 Å². The first kappa shape index (κ1) is 18.1. The molecule has 0 N–H and O–H groups in total. The number of methoxy groups -OCH3 is 2. The molecule has 1 aromatic rings. The summed E-state index contributed by atoms with van der Waals surface area (Å²) in [6.07, 6.45) is 4.77. The van der Waals surface area contributed by atoms with Crippen molar-refractivity contribution in [2.75, 3.05) is 14.2 Å². The zero-order valence-corrected chi connectivity index (χ0v) is 14.3. The molecular formula is C17H19ClO6. The predicted molar refractivity (Wildman–Crippen MR) is 86.9 cm³/mol. The molecular weight excluding hydrogens is 336 g/mol. The highest BCUT2D eigenvalue weighted by Crippen LogP contribution is 2.28. The summed E-state index contributed by atoms with van der Waals surface area (Å²) in [5.74, 6) is -1.34. The molecule has 1 aliphatic rings. The standard InChI is InChI=1S/C17H19ClO6/c1-21-10-15(17(20)22-2)24-14-8-7-11(18)9-13(14)16(19)23-12-5-3-4-6-12/h7-10,12H,3-6H2,1-2H3. The Morgan fingerprint density at radius 1 is 1.21 bits per heavy atom. The Kier molecular flexibility index (Phi) is 6.49. The van der Waals surface area contributed by atoms with Crippen LogP contribution in [0.3, 0.4) is 0 Å². The van der Waals surface area contributed by atoms with Crippen molar-refractivity contribution in [2.24, 2.45) is 0 Å². The van der Waals surface area contributed by atoms with Gasteiger partial charge in [0.1, 0.15) is 23.7 Å². The van der Waals surface area contributed by atoms with Crippen molar-refractivity contribution in [3.05, 3.63) is 40.8 Å². The lowest BCUT2D eigenvalue weighted by molar-refractivity contribution is -0.138. The number of benzene rings is 1. The van der Waals surface area contributed by atoms with Gasteiger partial charge in [-0.15, -0.1) is 0 Å². The summed E-state index contributed by atoms with van der Waals surface area (Å²) in [7, 11) is 2.58. The van der Waals surface area contributed by atoms with Gasteiger partial charge in [-0.2, -0.15) is 0 Å². The first-order chi connectivity index (χ1) is 11.5. The molecule has 0 aromatic heterocycles. The van der Waals surface area contributed by atoms with Crippen LogP contribution < -0.4 is 4.74 Å². The highest BCUT2D eigenvalue weighted by Gasteiger charge is 2.24. The van der Waals surface area contributed by atoms with E-state index in [1.807, 2.05) is 0 Å². The molecule has 0 bridgehead atoms. The number of rotatable bonds is 6. The van der Waals surface area contributed by atoms with Crippen LogP contribution in [0.2, 0.25) is 5.02 Å². The van der Waals surface area contributed by atoms with Crippen molar-refractivity contribution in [3.63, 3.8) is 0 Å². The predicted octanol–water partition coefficient (Wildman–Crippen LogP) is 3.48. The molecule has 0 aliphatic heterocycles. The Morgan fingerprint density at radius 2 is 1.92 bits per heavy atom. The summed E-state index contributed by atoms with van der Waals surface area (Å²) in [6.45, 7) is 0. The molecule has 24 heavy (non-hydrogen) atoms. The Labute approximate surface area is 145 Å². The average molecular weight is 355 g/mol. The fraction of sp³-hybridized carbons (Fsp3) is 0.412. The maximum absolute atomic E-state index is 12.4. The van der Waals surface area contributed by atoms with Gasteiger partial charge in [0.2, 0.25) is 5.76 Å². The quantitative estimate of drug-likeness (QED) is 0.442. The Morgan fingerprint density at radius 3 is 2.54 bits per heavy atom. The van der Waals surface area contributed by atoms with Gasteiger partial charge in [0, 0.05) is 5.02 Å². The molecule has 1 aliphatic carbocycles. The summed E-state index contributed by atoms with van der Waals surface area (Å²) < 4.78 is 20.4. The van der Waals surface area contributed by atoms with Crippen LogP contribution >= 0.6 is 11.6 Å². The third-order valence-corrected chi connectivity index (χ3v) is 3.80. The van der Waals surface area contributed by atoms with Crippen molar-refractivity contribution >= 4 is 23.5 Å². The minimum atomic E-state index is -0.734. The van der Waals surface area contributed by atoms with E-state index in [-0.39, 0.29) is 23.2 Å². The van der Waals surface area contributed by atoms with Crippen LogP contribution in [0.5, 0.6) is 5.75 Å². The number of halogens is 1. The molecule has 0 amide bonds. The van der Waals surface area contributed by atoms with Crippen LogP contribution in [0.25, 0.3) is 0 Å². The van der Waals surface area contributed by atoms with E-state index in [9.17, 15) is 9.59 Å². The zero-order chi connectivity index (χ0) is 17.5. The highest BCUT2D eigenvalue weighted by atomic mass is 35.5. The number of carbonyl (C=O) groups excluding carboxylic acids is 2. The monoisotopic (exact) mass is 354 g/mol. The van der Waals surface area contributed by atoms with Crippen molar-refractivity contribution in [2.45, 2.75) is 31.8 Å². The van der Waals surface area contributed by atoms with E-state index in [4.69, 9.17) is 25.8 Å². The maximum Gasteiger partial charge on any atom is 0.377 e. The van der Waals surface area contributed by atoms with Gasteiger partial charge in [-0.05, 0) is 43.9 Å². The molecule has 1 aromatic carbocycles. The van der Waals surface area contributed by atoms with Crippen molar-refractivity contribution in [1.29, 1.82) is 0 Å². The van der Waals surface area contributed by atoms with E-state index >= 15 is 0 Å². The first-order valence-corrected chi connectivity index (χ1v) is 7.92. The van der Waals surface area contributed by atoms with Gasteiger partial charge in [0.15, 0.2) is 0 Å². The lowest BCUT2D eigenvalue weighted by Crippen LogP contribution is -2.17. The number of carbonyl (C=O) groups is 2. The van der Waals surface area contributed by atoms with Crippen LogP contribution in [0.4, 0.5) is 0 Å². The van der Waals surface area contributed by atoms with E-state index in [2.05, 4.69) is 4.74 Å². The Bertz CT molecular complexity index is 634. The summed E-state index contributed by atoms with van der Waals surface area (Å²) in [4.78, 5) is 24.1. The average Bonchev–Trinajstić information content (AvgIpc) is 3.08. The number of hydrogen-bond donors (Lipinski definition) is 0. The highest BCUT2D eigenvalue weighted by molar-refractivity contribution is 6.31. The van der Waals surface area contributed by atoms with Crippen LogP contribution in [0.1, 0.15) is 36.0 Å². The normalized spacial score (nSPS) is 15.0. The second-order valence-corrected chi connectivity index (χ2v) is 5.70. The number of esters is 2. The molecule has 0 saturated heterocycles. The van der Waals surface area contributed by atoms with Gasteiger partial charge in [0.25, 0.3) is 0 Å². The van der Waals surface area contributed by atoms with E-state index < -0.39 is 11.9 Å². The zero-order valence-electron chi connectivity index (χ0n) is 13.5. The van der Waals surface area contributed by atoms with Gasteiger partial charge in [-0.3, -0.25) is 0 Å². The lowest BCUT2D eigenvalue weighted by atomic mass is 10.2. The van der Waals surface area contributed by atoms with Crippen molar-refractivity contribution in [3.8, 4) is 5.75 Å². The summed E-state index contributed by atoms with van der Waals surface area (Å²) in [5, 5.41) is 0.357. The largest absolute Gasteiger partial charge is 0.500 e. The molecule has 130 valence electrons. The molecule has 0 radical (unpaired) electrons. The first-order valence-electron chi connectivity index (χ1n) is 7.54. The van der Waals surface area contributed by atoms with Gasteiger partial charge in [-0.1, -0.05) is 11.6 Å². The SMILES string of the molecule is COC=C(Oc1ccc(Cl)cc1C(=O)OC1CCCC1)C(=O)OC. The van der Waals surface area contributed by atoms with E-state index in [0.717, 1.165) is 31.9 Å².